The fourth-order valence-corrected chi connectivity index (χ4v) is 2.20. The van der Waals surface area contributed by atoms with Gasteiger partial charge in [0.25, 0.3) is 0 Å². The molecule has 0 saturated heterocycles. The van der Waals surface area contributed by atoms with Gasteiger partial charge in [-0.2, -0.15) is 0 Å². The van der Waals surface area contributed by atoms with Crippen LogP contribution in [0.1, 0.15) is 24.1 Å². The Kier molecular flexibility index (Phi) is 4.73. The lowest BCUT2D eigenvalue weighted by molar-refractivity contribution is 0.293. The van der Waals surface area contributed by atoms with Gasteiger partial charge in [-0.05, 0) is 31.2 Å². The van der Waals surface area contributed by atoms with Crippen LogP contribution in [0.5, 0.6) is 5.75 Å². The lowest BCUT2D eigenvalue weighted by atomic mass is 10.1. The van der Waals surface area contributed by atoms with Gasteiger partial charge in [0.15, 0.2) is 11.6 Å². The highest BCUT2D eigenvalue weighted by molar-refractivity contribution is 9.10. The Morgan fingerprint density at radius 3 is 2.70 bits per heavy atom. The highest BCUT2D eigenvalue weighted by Gasteiger charge is 2.12. The molecule has 0 aromatic heterocycles. The van der Waals surface area contributed by atoms with E-state index in [9.17, 15) is 8.78 Å². The van der Waals surface area contributed by atoms with Crippen LogP contribution >= 0.6 is 15.9 Å². The van der Waals surface area contributed by atoms with E-state index in [0.717, 1.165) is 16.1 Å². The molecule has 0 aliphatic carbocycles. The van der Waals surface area contributed by atoms with Crippen molar-refractivity contribution in [3.8, 4) is 5.75 Å². The van der Waals surface area contributed by atoms with Crippen molar-refractivity contribution in [3.63, 3.8) is 0 Å². The molecule has 0 amide bonds. The van der Waals surface area contributed by atoms with Gasteiger partial charge in [0.2, 0.25) is 0 Å². The molecular weight excluding hydrogens is 328 g/mol. The normalized spacial score (nSPS) is 12.2. The van der Waals surface area contributed by atoms with E-state index in [1.165, 1.54) is 12.1 Å². The summed E-state index contributed by atoms with van der Waals surface area (Å²) in [6.07, 6.45) is 0. The molecule has 2 aromatic rings. The third-order valence-electron chi connectivity index (χ3n) is 2.88. The van der Waals surface area contributed by atoms with Gasteiger partial charge in [-0.1, -0.05) is 28.1 Å². The first-order chi connectivity index (χ1) is 9.49. The molecule has 2 rings (SSSR count). The van der Waals surface area contributed by atoms with E-state index in [4.69, 9.17) is 10.5 Å². The van der Waals surface area contributed by atoms with Crippen molar-refractivity contribution in [1.29, 1.82) is 0 Å². The molecule has 106 valence electrons. The number of ether oxygens (including phenoxy) is 1. The number of hydrogen-bond acceptors (Lipinski definition) is 2. The van der Waals surface area contributed by atoms with Crippen LogP contribution in [-0.2, 0) is 6.61 Å². The molecule has 5 heteroatoms. The average Bonchev–Trinajstić information content (AvgIpc) is 2.41. The molecule has 0 heterocycles. The minimum Gasteiger partial charge on any atom is -0.488 e. The summed E-state index contributed by atoms with van der Waals surface area (Å²) in [5, 5.41) is 0. The van der Waals surface area contributed by atoms with Gasteiger partial charge in [-0.3, -0.25) is 0 Å². The van der Waals surface area contributed by atoms with E-state index in [2.05, 4.69) is 15.9 Å². The first-order valence-electron chi connectivity index (χ1n) is 6.09. The summed E-state index contributed by atoms with van der Waals surface area (Å²) in [4.78, 5) is 0. The van der Waals surface area contributed by atoms with E-state index in [1.54, 1.807) is 6.07 Å². The van der Waals surface area contributed by atoms with Crippen molar-refractivity contribution < 1.29 is 13.5 Å². The van der Waals surface area contributed by atoms with Crippen molar-refractivity contribution >= 4 is 15.9 Å². The summed E-state index contributed by atoms with van der Waals surface area (Å²) in [6, 6.07) is 9.20. The maximum absolute atomic E-state index is 13.5. The standard InChI is InChI=1S/C15H14BrF2NO/c1-9(19)12-7-11(16)5-6-14(12)20-8-10-3-2-4-13(17)15(10)18/h2-7,9H,8,19H2,1H3. The zero-order valence-electron chi connectivity index (χ0n) is 10.9. The first kappa shape index (κ1) is 14.9. The third kappa shape index (κ3) is 3.35. The minimum atomic E-state index is -0.882. The monoisotopic (exact) mass is 341 g/mol. The van der Waals surface area contributed by atoms with Crippen molar-refractivity contribution in [2.75, 3.05) is 0 Å². The molecular formula is C15H14BrF2NO. The Morgan fingerprint density at radius 2 is 2.00 bits per heavy atom. The predicted molar refractivity (Wildman–Crippen MR) is 77.4 cm³/mol. The van der Waals surface area contributed by atoms with Crippen molar-refractivity contribution in [2.24, 2.45) is 5.73 Å². The second-order valence-electron chi connectivity index (χ2n) is 4.47. The highest BCUT2D eigenvalue weighted by Crippen LogP contribution is 2.28. The van der Waals surface area contributed by atoms with Gasteiger partial charge in [0, 0.05) is 21.6 Å². The van der Waals surface area contributed by atoms with Crippen LogP contribution in [0, 0.1) is 11.6 Å². The summed E-state index contributed by atoms with van der Waals surface area (Å²) in [5.41, 5.74) is 6.84. The SMILES string of the molecule is CC(N)c1cc(Br)ccc1OCc1cccc(F)c1F. The second kappa shape index (κ2) is 6.33. The average molecular weight is 342 g/mol. The van der Waals surface area contributed by atoms with Crippen LogP contribution in [0.2, 0.25) is 0 Å². The molecule has 0 fully saturated rings. The number of hydrogen-bond donors (Lipinski definition) is 1. The van der Waals surface area contributed by atoms with Gasteiger partial charge >= 0.3 is 0 Å². The summed E-state index contributed by atoms with van der Waals surface area (Å²) >= 11 is 3.36. The summed E-state index contributed by atoms with van der Waals surface area (Å²) < 4.78 is 33.1. The summed E-state index contributed by atoms with van der Waals surface area (Å²) in [6.45, 7) is 1.78. The largest absolute Gasteiger partial charge is 0.488 e. The summed E-state index contributed by atoms with van der Waals surface area (Å²) in [5.74, 6) is -1.20. The maximum Gasteiger partial charge on any atom is 0.165 e. The molecule has 1 unspecified atom stereocenters. The van der Waals surface area contributed by atoms with Gasteiger partial charge in [-0.25, -0.2) is 8.78 Å². The van der Waals surface area contributed by atoms with Gasteiger partial charge < -0.3 is 10.5 Å². The van der Waals surface area contributed by atoms with Crippen molar-refractivity contribution in [1.82, 2.24) is 0 Å². The quantitative estimate of drug-likeness (QED) is 0.898. The van der Waals surface area contributed by atoms with E-state index in [1.807, 2.05) is 19.1 Å². The Bertz CT molecular complexity index is 617. The Labute approximate surface area is 124 Å². The smallest absolute Gasteiger partial charge is 0.165 e. The molecule has 0 radical (unpaired) electrons. The van der Waals surface area contributed by atoms with Crippen LogP contribution in [0.3, 0.4) is 0 Å². The first-order valence-corrected chi connectivity index (χ1v) is 6.89. The zero-order chi connectivity index (χ0) is 14.7. The number of rotatable bonds is 4. The highest BCUT2D eigenvalue weighted by atomic mass is 79.9. The molecule has 0 saturated carbocycles. The molecule has 2 nitrogen and oxygen atoms in total. The topological polar surface area (TPSA) is 35.2 Å². The van der Waals surface area contributed by atoms with Crippen LogP contribution in [0.15, 0.2) is 40.9 Å². The van der Waals surface area contributed by atoms with Crippen molar-refractivity contribution in [3.05, 3.63) is 63.6 Å². The molecule has 2 N–H and O–H groups in total. The predicted octanol–water partition coefficient (Wildman–Crippen LogP) is 4.33. The zero-order valence-corrected chi connectivity index (χ0v) is 12.5. The maximum atomic E-state index is 13.5. The van der Waals surface area contributed by atoms with Crippen LogP contribution in [0.25, 0.3) is 0 Å². The van der Waals surface area contributed by atoms with Gasteiger partial charge in [-0.15, -0.1) is 0 Å². The molecule has 0 spiro atoms. The Morgan fingerprint density at radius 1 is 1.25 bits per heavy atom. The second-order valence-corrected chi connectivity index (χ2v) is 5.39. The Balaban J connectivity index is 2.21. The molecule has 2 aromatic carbocycles. The third-order valence-corrected chi connectivity index (χ3v) is 3.37. The minimum absolute atomic E-state index is 0.0506. The number of halogens is 3. The molecule has 1 atom stereocenters. The molecule has 0 aliphatic rings. The van der Waals surface area contributed by atoms with Crippen molar-refractivity contribution in [2.45, 2.75) is 19.6 Å². The van der Waals surface area contributed by atoms with E-state index >= 15 is 0 Å². The lowest BCUT2D eigenvalue weighted by Gasteiger charge is -2.15. The van der Waals surface area contributed by atoms with E-state index in [-0.39, 0.29) is 18.2 Å². The Hall–Kier alpha value is -1.46. The molecule has 0 bridgehead atoms. The fraction of sp³-hybridized carbons (Fsp3) is 0.200. The summed E-state index contributed by atoms with van der Waals surface area (Å²) in [7, 11) is 0. The van der Waals surface area contributed by atoms with E-state index in [0.29, 0.717) is 5.75 Å². The fourth-order valence-electron chi connectivity index (χ4n) is 1.82. The van der Waals surface area contributed by atoms with E-state index < -0.39 is 11.6 Å². The molecule has 0 aliphatic heterocycles. The molecule has 20 heavy (non-hydrogen) atoms. The number of benzene rings is 2. The van der Waals surface area contributed by atoms with Gasteiger partial charge in [0.05, 0.1) is 0 Å². The van der Waals surface area contributed by atoms with Crippen LogP contribution < -0.4 is 10.5 Å². The number of nitrogens with two attached hydrogens (primary N) is 1. The van der Waals surface area contributed by atoms with Crippen LogP contribution in [-0.4, -0.2) is 0 Å². The van der Waals surface area contributed by atoms with Gasteiger partial charge in [0.1, 0.15) is 12.4 Å². The lowest BCUT2D eigenvalue weighted by Crippen LogP contribution is -2.09. The van der Waals surface area contributed by atoms with Crippen LogP contribution in [0.4, 0.5) is 8.78 Å².